The summed E-state index contributed by atoms with van der Waals surface area (Å²) in [4.78, 5) is 26.8. The van der Waals surface area contributed by atoms with Crippen LogP contribution in [-0.4, -0.2) is 55.1 Å². The molecule has 2 bridgehead atoms. The summed E-state index contributed by atoms with van der Waals surface area (Å²) in [6.45, 7) is 9.04. The van der Waals surface area contributed by atoms with Gasteiger partial charge in [-0.05, 0) is 62.0 Å². The number of nitrogens with one attached hydrogen (secondary N) is 1. The summed E-state index contributed by atoms with van der Waals surface area (Å²) in [6, 6.07) is 5.14. The second kappa shape index (κ2) is 7.49. The summed E-state index contributed by atoms with van der Waals surface area (Å²) in [5.74, 6) is 1.28. The van der Waals surface area contributed by atoms with Crippen molar-refractivity contribution >= 4 is 24.6 Å². The molecular formula is C24H33BN2O5. The van der Waals surface area contributed by atoms with Gasteiger partial charge >= 0.3 is 7.12 Å². The maximum Gasteiger partial charge on any atom is 0.481 e. The second-order valence-electron chi connectivity index (χ2n) is 10.6. The number of hydrogen-bond acceptors (Lipinski definition) is 5. The molecule has 0 unspecified atom stereocenters. The fourth-order valence-corrected chi connectivity index (χ4v) is 6.69. The van der Waals surface area contributed by atoms with Crippen LogP contribution in [0.25, 0.3) is 0 Å². The number of likely N-dealkylation sites (tertiary alicyclic amines) is 1. The van der Waals surface area contributed by atoms with Gasteiger partial charge in [0, 0.05) is 25.2 Å². The van der Waals surface area contributed by atoms with E-state index >= 15 is 0 Å². The van der Waals surface area contributed by atoms with Crippen molar-refractivity contribution in [1.82, 2.24) is 4.90 Å². The first kappa shape index (κ1) is 21.8. The average Bonchev–Trinajstić information content (AvgIpc) is 3.36. The predicted octanol–water partition coefficient (Wildman–Crippen LogP) is 3.53. The van der Waals surface area contributed by atoms with Crippen molar-refractivity contribution in [2.75, 3.05) is 19.0 Å². The number of nitrogens with zero attached hydrogens (tertiary/aromatic N) is 1. The first-order chi connectivity index (χ1) is 15.1. The van der Waals surface area contributed by atoms with E-state index in [1.165, 1.54) is 20.5 Å². The van der Waals surface area contributed by atoms with Crippen LogP contribution in [0.3, 0.4) is 0 Å². The predicted molar refractivity (Wildman–Crippen MR) is 121 cm³/mol. The Morgan fingerprint density at radius 3 is 2.72 bits per heavy atom. The number of benzene rings is 1. The monoisotopic (exact) mass is 440 g/mol. The van der Waals surface area contributed by atoms with Gasteiger partial charge in [-0.15, -0.1) is 0 Å². The number of amides is 2. The number of methoxy groups -OCH3 is 1. The molecule has 2 heterocycles. The standard InChI is InChI=1S/C24H33BN2O5/c1-14(28)26-16-8-9-17(18(13-16)30-5)22(29)27-10-6-7-21(27)25-31-20-12-15-11-19(23(15,2)3)24(20,4)32-25/h8-9,13,15,19-21H,6-7,10-12H2,1-5H3,(H,26,28)/t15-,19-,20+,21-,24-/m0/s1. The highest BCUT2D eigenvalue weighted by Gasteiger charge is 2.69. The Labute approximate surface area is 190 Å². The van der Waals surface area contributed by atoms with Crippen LogP contribution in [0.4, 0.5) is 5.69 Å². The molecule has 5 aliphatic rings. The third-order valence-corrected chi connectivity index (χ3v) is 8.60. The Morgan fingerprint density at radius 1 is 1.25 bits per heavy atom. The van der Waals surface area contributed by atoms with Crippen molar-refractivity contribution in [1.29, 1.82) is 0 Å². The van der Waals surface area contributed by atoms with Crippen LogP contribution in [0.15, 0.2) is 18.2 Å². The molecular weight excluding hydrogens is 407 g/mol. The summed E-state index contributed by atoms with van der Waals surface area (Å²) in [5, 5.41) is 2.73. The quantitative estimate of drug-likeness (QED) is 0.725. The maximum absolute atomic E-state index is 13.5. The van der Waals surface area contributed by atoms with Crippen LogP contribution in [0.1, 0.15) is 63.7 Å². The van der Waals surface area contributed by atoms with E-state index in [-0.39, 0.29) is 34.9 Å². The van der Waals surface area contributed by atoms with Crippen LogP contribution in [-0.2, 0) is 14.1 Å². The van der Waals surface area contributed by atoms with Crippen molar-refractivity contribution in [3.05, 3.63) is 23.8 Å². The Bertz CT molecular complexity index is 952. The summed E-state index contributed by atoms with van der Waals surface area (Å²) in [7, 11) is 1.14. The zero-order valence-corrected chi connectivity index (χ0v) is 19.6. The van der Waals surface area contributed by atoms with E-state index in [1.807, 2.05) is 4.90 Å². The van der Waals surface area contributed by atoms with Crippen LogP contribution < -0.4 is 10.1 Å². The Balaban J connectivity index is 1.36. The number of rotatable bonds is 4. The number of ether oxygens (including phenoxy) is 1. The fourth-order valence-electron chi connectivity index (χ4n) is 6.69. The molecule has 2 aliphatic heterocycles. The molecule has 0 radical (unpaired) electrons. The number of carbonyl (C=O) groups excluding carboxylic acids is 2. The molecule has 6 rings (SSSR count). The van der Waals surface area contributed by atoms with Crippen molar-refractivity contribution in [3.8, 4) is 5.75 Å². The molecule has 1 aromatic rings. The molecule has 5 atom stereocenters. The lowest BCUT2D eigenvalue weighted by molar-refractivity contribution is -0.199. The molecule has 2 amide bonds. The van der Waals surface area contributed by atoms with E-state index in [1.54, 1.807) is 18.2 Å². The summed E-state index contributed by atoms with van der Waals surface area (Å²) in [5.41, 5.74) is 1.10. The molecule has 2 saturated heterocycles. The molecule has 5 fully saturated rings. The molecule has 8 heteroatoms. The Kier molecular flexibility index (Phi) is 5.09. The lowest BCUT2D eigenvalue weighted by Gasteiger charge is -2.64. The minimum atomic E-state index is -0.392. The van der Waals surface area contributed by atoms with Crippen molar-refractivity contribution < 1.29 is 23.6 Å². The van der Waals surface area contributed by atoms with Gasteiger partial charge in [0.2, 0.25) is 5.91 Å². The fraction of sp³-hybridized carbons (Fsp3) is 0.667. The Morgan fingerprint density at radius 2 is 2.03 bits per heavy atom. The highest BCUT2D eigenvalue weighted by Crippen LogP contribution is 2.66. The maximum atomic E-state index is 13.5. The van der Waals surface area contributed by atoms with Gasteiger partial charge in [-0.2, -0.15) is 0 Å². The lowest BCUT2D eigenvalue weighted by Crippen LogP contribution is -2.65. The van der Waals surface area contributed by atoms with Crippen LogP contribution >= 0.6 is 0 Å². The highest BCUT2D eigenvalue weighted by molar-refractivity contribution is 6.48. The number of hydrogen-bond donors (Lipinski definition) is 1. The SMILES string of the molecule is COc1cc(NC(C)=O)ccc1C(=O)N1CCC[C@H]1B1O[C@@H]2C[C@@H]3C[C@@H](C3(C)C)[C@]2(C)O1. The molecule has 1 N–H and O–H groups in total. The van der Waals surface area contributed by atoms with Crippen molar-refractivity contribution in [2.24, 2.45) is 17.3 Å². The molecule has 172 valence electrons. The Hall–Kier alpha value is -2.06. The topological polar surface area (TPSA) is 77.1 Å². The van der Waals surface area contributed by atoms with Gasteiger partial charge in [-0.1, -0.05) is 13.8 Å². The van der Waals surface area contributed by atoms with Crippen LogP contribution in [0.2, 0.25) is 0 Å². The van der Waals surface area contributed by atoms with E-state index < -0.39 is 7.12 Å². The molecule has 7 nitrogen and oxygen atoms in total. The van der Waals surface area contributed by atoms with Crippen molar-refractivity contribution in [2.45, 2.75) is 71.0 Å². The normalized spacial score (nSPS) is 34.7. The second-order valence-corrected chi connectivity index (χ2v) is 10.6. The summed E-state index contributed by atoms with van der Waals surface area (Å²) in [6.07, 6.45) is 4.14. The first-order valence-corrected chi connectivity index (χ1v) is 11.7. The zero-order valence-electron chi connectivity index (χ0n) is 19.6. The smallest absolute Gasteiger partial charge is 0.481 e. The highest BCUT2D eigenvalue weighted by atomic mass is 16.7. The first-order valence-electron chi connectivity index (χ1n) is 11.7. The van der Waals surface area contributed by atoms with Gasteiger partial charge in [0.05, 0.1) is 30.3 Å². The molecule has 1 aromatic carbocycles. The number of carbonyl (C=O) groups is 2. The third kappa shape index (κ3) is 3.17. The average molecular weight is 440 g/mol. The summed E-state index contributed by atoms with van der Waals surface area (Å²) >= 11 is 0. The molecule has 0 aromatic heterocycles. The van der Waals surface area contributed by atoms with E-state index in [2.05, 4.69) is 26.1 Å². The lowest BCUT2D eigenvalue weighted by atomic mass is 9.43. The minimum Gasteiger partial charge on any atom is -0.496 e. The summed E-state index contributed by atoms with van der Waals surface area (Å²) < 4.78 is 18.6. The van der Waals surface area contributed by atoms with E-state index in [0.717, 1.165) is 19.3 Å². The largest absolute Gasteiger partial charge is 0.496 e. The van der Waals surface area contributed by atoms with Gasteiger partial charge < -0.3 is 24.3 Å². The number of anilines is 1. The van der Waals surface area contributed by atoms with Crippen LogP contribution in [0.5, 0.6) is 5.75 Å². The molecule has 3 saturated carbocycles. The van der Waals surface area contributed by atoms with E-state index in [4.69, 9.17) is 14.0 Å². The molecule has 0 spiro atoms. The van der Waals surface area contributed by atoms with Gasteiger partial charge in [0.1, 0.15) is 5.75 Å². The minimum absolute atomic E-state index is 0.0874. The van der Waals surface area contributed by atoms with Crippen LogP contribution in [0, 0.1) is 17.3 Å². The molecule has 3 aliphatic carbocycles. The van der Waals surface area contributed by atoms with E-state index in [0.29, 0.717) is 35.4 Å². The zero-order chi connectivity index (χ0) is 22.8. The molecule has 32 heavy (non-hydrogen) atoms. The van der Waals surface area contributed by atoms with Gasteiger partial charge in [0.15, 0.2) is 0 Å². The third-order valence-electron chi connectivity index (χ3n) is 8.60. The van der Waals surface area contributed by atoms with E-state index in [9.17, 15) is 9.59 Å². The van der Waals surface area contributed by atoms with Gasteiger partial charge in [-0.3, -0.25) is 9.59 Å². The van der Waals surface area contributed by atoms with Crippen molar-refractivity contribution in [3.63, 3.8) is 0 Å². The van der Waals surface area contributed by atoms with Gasteiger partial charge in [0.25, 0.3) is 5.91 Å². The van der Waals surface area contributed by atoms with Gasteiger partial charge in [-0.25, -0.2) is 0 Å².